The van der Waals surface area contributed by atoms with Gasteiger partial charge in [-0.2, -0.15) is 0 Å². The SMILES string of the molecule is CN(CCc1ccco1)C(=O)Cc1cccc(F)c1. The van der Waals surface area contributed by atoms with Gasteiger partial charge in [-0.1, -0.05) is 12.1 Å². The summed E-state index contributed by atoms with van der Waals surface area (Å²) in [5, 5.41) is 0. The minimum atomic E-state index is -0.316. The van der Waals surface area contributed by atoms with Crippen molar-refractivity contribution in [2.24, 2.45) is 0 Å². The van der Waals surface area contributed by atoms with Crippen LogP contribution < -0.4 is 0 Å². The number of carbonyl (C=O) groups excluding carboxylic acids is 1. The Morgan fingerprint density at radius 3 is 2.84 bits per heavy atom. The number of hydrogen-bond donors (Lipinski definition) is 0. The lowest BCUT2D eigenvalue weighted by Crippen LogP contribution is -2.30. The predicted molar refractivity (Wildman–Crippen MR) is 70.2 cm³/mol. The van der Waals surface area contributed by atoms with Crippen LogP contribution in [0.3, 0.4) is 0 Å². The number of rotatable bonds is 5. The molecule has 0 unspecified atom stereocenters. The minimum Gasteiger partial charge on any atom is -0.469 e. The van der Waals surface area contributed by atoms with Crippen molar-refractivity contribution in [2.75, 3.05) is 13.6 Å². The molecule has 0 aliphatic carbocycles. The van der Waals surface area contributed by atoms with Gasteiger partial charge >= 0.3 is 0 Å². The molecule has 0 aliphatic rings. The maximum atomic E-state index is 13.0. The van der Waals surface area contributed by atoms with Crippen molar-refractivity contribution in [1.82, 2.24) is 4.90 Å². The number of furan rings is 1. The zero-order chi connectivity index (χ0) is 13.7. The summed E-state index contributed by atoms with van der Waals surface area (Å²) in [6.07, 6.45) is 2.51. The summed E-state index contributed by atoms with van der Waals surface area (Å²) < 4.78 is 18.2. The van der Waals surface area contributed by atoms with Crippen LogP contribution in [0.1, 0.15) is 11.3 Å². The van der Waals surface area contributed by atoms with Gasteiger partial charge in [0.25, 0.3) is 0 Å². The van der Waals surface area contributed by atoms with E-state index in [1.807, 2.05) is 12.1 Å². The number of amides is 1. The van der Waals surface area contributed by atoms with Gasteiger partial charge in [-0.15, -0.1) is 0 Å². The summed E-state index contributed by atoms with van der Waals surface area (Å²) in [4.78, 5) is 13.6. The van der Waals surface area contributed by atoms with Gasteiger partial charge in [0.2, 0.25) is 5.91 Å². The van der Waals surface area contributed by atoms with Crippen LogP contribution in [0.5, 0.6) is 0 Å². The second-order valence-electron chi connectivity index (χ2n) is 4.45. The molecule has 1 amide bonds. The predicted octanol–water partition coefficient (Wildman–Crippen LogP) is 2.66. The molecular weight excluding hydrogens is 245 g/mol. The smallest absolute Gasteiger partial charge is 0.226 e. The van der Waals surface area contributed by atoms with Crippen molar-refractivity contribution in [2.45, 2.75) is 12.8 Å². The first-order valence-electron chi connectivity index (χ1n) is 6.16. The van der Waals surface area contributed by atoms with Gasteiger partial charge in [0.1, 0.15) is 11.6 Å². The van der Waals surface area contributed by atoms with Gasteiger partial charge < -0.3 is 9.32 Å². The van der Waals surface area contributed by atoms with Crippen LogP contribution >= 0.6 is 0 Å². The Morgan fingerprint density at radius 2 is 2.16 bits per heavy atom. The molecule has 0 bridgehead atoms. The largest absolute Gasteiger partial charge is 0.469 e. The van der Waals surface area contributed by atoms with E-state index >= 15 is 0 Å². The highest BCUT2D eigenvalue weighted by Crippen LogP contribution is 2.07. The molecule has 2 aromatic rings. The minimum absolute atomic E-state index is 0.0304. The monoisotopic (exact) mass is 261 g/mol. The standard InChI is InChI=1S/C15H16FNO2/c1-17(8-7-14-6-3-9-19-14)15(18)11-12-4-2-5-13(16)10-12/h2-6,9-10H,7-8,11H2,1H3. The second kappa shape index (κ2) is 6.18. The fraction of sp³-hybridized carbons (Fsp3) is 0.267. The summed E-state index contributed by atoms with van der Waals surface area (Å²) in [7, 11) is 1.74. The van der Waals surface area contributed by atoms with Crippen molar-refractivity contribution < 1.29 is 13.6 Å². The molecule has 0 radical (unpaired) electrons. The third-order valence-electron chi connectivity index (χ3n) is 2.94. The van der Waals surface area contributed by atoms with E-state index in [9.17, 15) is 9.18 Å². The average Bonchev–Trinajstić information content (AvgIpc) is 2.89. The van der Waals surface area contributed by atoms with Crippen LogP contribution in [-0.2, 0) is 17.6 Å². The molecule has 19 heavy (non-hydrogen) atoms. The molecule has 2 rings (SSSR count). The van der Waals surface area contributed by atoms with Gasteiger partial charge in [-0.05, 0) is 29.8 Å². The Bertz CT molecular complexity index is 537. The molecule has 0 N–H and O–H groups in total. The number of benzene rings is 1. The number of hydrogen-bond acceptors (Lipinski definition) is 2. The van der Waals surface area contributed by atoms with E-state index < -0.39 is 0 Å². The topological polar surface area (TPSA) is 33.5 Å². The maximum absolute atomic E-state index is 13.0. The third kappa shape index (κ3) is 3.95. The molecule has 3 nitrogen and oxygen atoms in total. The van der Waals surface area contributed by atoms with E-state index in [0.717, 1.165) is 5.76 Å². The molecule has 0 saturated carbocycles. The van der Waals surface area contributed by atoms with Gasteiger partial charge in [0.15, 0.2) is 0 Å². The molecule has 1 heterocycles. The zero-order valence-electron chi connectivity index (χ0n) is 10.8. The Labute approximate surface area is 111 Å². The number of carbonyl (C=O) groups is 1. The molecule has 0 fully saturated rings. The van der Waals surface area contributed by atoms with Gasteiger partial charge in [0.05, 0.1) is 12.7 Å². The summed E-state index contributed by atoms with van der Waals surface area (Å²) in [6, 6.07) is 9.82. The number of halogens is 1. The van der Waals surface area contributed by atoms with E-state index in [-0.39, 0.29) is 18.1 Å². The normalized spacial score (nSPS) is 10.4. The molecule has 0 saturated heterocycles. The summed E-state index contributed by atoms with van der Waals surface area (Å²) in [5.74, 6) is 0.506. The van der Waals surface area contributed by atoms with E-state index in [1.54, 1.807) is 30.3 Å². The van der Waals surface area contributed by atoms with Gasteiger partial charge in [-0.25, -0.2) is 4.39 Å². The van der Waals surface area contributed by atoms with Crippen molar-refractivity contribution in [3.05, 3.63) is 59.8 Å². The Balaban J connectivity index is 1.85. The Hall–Kier alpha value is -2.10. The fourth-order valence-corrected chi connectivity index (χ4v) is 1.81. The van der Waals surface area contributed by atoms with E-state index in [4.69, 9.17) is 4.42 Å². The van der Waals surface area contributed by atoms with Crippen LogP contribution in [0, 0.1) is 5.82 Å². The molecule has 0 aliphatic heterocycles. The van der Waals surface area contributed by atoms with Crippen molar-refractivity contribution in [1.29, 1.82) is 0 Å². The van der Waals surface area contributed by atoms with E-state index in [1.165, 1.54) is 12.1 Å². The fourth-order valence-electron chi connectivity index (χ4n) is 1.81. The lowest BCUT2D eigenvalue weighted by Gasteiger charge is -2.16. The first-order chi connectivity index (χ1) is 9.15. The van der Waals surface area contributed by atoms with E-state index in [2.05, 4.69) is 0 Å². The highest BCUT2D eigenvalue weighted by molar-refractivity contribution is 5.78. The Kier molecular flexibility index (Phi) is 4.34. The highest BCUT2D eigenvalue weighted by atomic mass is 19.1. The summed E-state index contributed by atoms with van der Waals surface area (Å²) in [5.41, 5.74) is 0.690. The lowest BCUT2D eigenvalue weighted by atomic mass is 10.1. The molecule has 100 valence electrons. The molecular formula is C15H16FNO2. The maximum Gasteiger partial charge on any atom is 0.226 e. The van der Waals surface area contributed by atoms with Gasteiger partial charge in [-0.3, -0.25) is 4.79 Å². The third-order valence-corrected chi connectivity index (χ3v) is 2.94. The average molecular weight is 261 g/mol. The quantitative estimate of drug-likeness (QED) is 0.829. The highest BCUT2D eigenvalue weighted by Gasteiger charge is 2.10. The van der Waals surface area contributed by atoms with Crippen LogP contribution in [-0.4, -0.2) is 24.4 Å². The molecule has 0 atom stereocenters. The second-order valence-corrected chi connectivity index (χ2v) is 4.45. The Morgan fingerprint density at radius 1 is 1.32 bits per heavy atom. The lowest BCUT2D eigenvalue weighted by molar-refractivity contribution is -0.129. The van der Waals surface area contributed by atoms with Crippen LogP contribution in [0.4, 0.5) is 4.39 Å². The van der Waals surface area contributed by atoms with Crippen LogP contribution in [0.15, 0.2) is 47.1 Å². The molecule has 0 spiro atoms. The van der Waals surface area contributed by atoms with Crippen molar-refractivity contribution in [3.63, 3.8) is 0 Å². The molecule has 1 aromatic carbocycles. The number of nitrogens with zero attached hydrogens (tertiary/aromatic N) is 1. The zero-order valence-corrected chi connectivity index (χ0v) is 10.8. The van der Waals surface area contributed by atoms with Crippen LogP contribution in [0.25, 0.3) is 0 Å². The summed E-state index contributed by atoms with van der Waals surface area (Å²) in [6.45, 7) is 0.585. The first-order valence-corrected chi connectivity index (χ1v) is 6.16. The van der Waals surface area contributed by atoms with Crippen molar-refractivity contribution in [3.8, 4) is 0 Å². The van der Waals surface area contributed by atoms with Crippen LogP contribution in [0.2, 0.25) is 0 Å². The molecule has 1 aromatic heterocycles. The molecule has 4 heteroatoms. The van der Waals surface area contributed by atoms with Crippen molar-refractivity contribution >= 4 is 5.91 Å². The summed E-state index contributed by atoms with van der Waals surface area (Å²) >= 11 is 0. The number of likely N-dealkylation sites (N-methyl/N-ethyl adjacent to an activating group) is 1. The van der Waals surface area contributed by atoms with E-state index in [0.29, 0.717) is 18.5 Å². The first kappa shape index (κ1) is 13.3. The van der Waals surface area contributed by atoms with Gasteiger partial charge in [0, 0.05) is 20.0 Å².